The van der Waals surface area contributed by atoms with E-state index in [4.69, 9.17) is 9.15 Å². The molecule has 2 aromatic heterocycles. The molecule has 0 bridgehead atoms. The van der Waals surface area contributed by atoms with Crippen molar-refractivity contribution < 1.29 is 13.9 Å². The van der Waals surface area contributed by atoms with Crippen LogP contribution in [0.15, 0.2) is 62.9 Å². The number of furan rings is 1. The molecule has 8 nitrogen and oxygen atoms in total. The fourth-order valence-corrected chi connectivity index (χ4v) is 4.38. The summed E-state index contributed by atoms with van der Waals surface area (Å²) in [5.74, 6) is -0.306. The van der Waals surface area contributed by atoms with Crippen molar-refractivity contribution in [1.82, 2.24) is 9.55 Å². The maximum Gasteiger partial charge on any atom is 0.262 e. The van der Waals surface area contributed by atoms with Gasteiger partial charge in [-0.1, -0.05) is 36.0 Å². The minimum absolute atomic E-state index is 0.00510. The van der Waals surface area contributed by atoms with E-state index >= 15 is 0 Å². The maximum absolute atomic E-state index is 13.1. The number of benzene rings is 2. The van der Waals surface area contributed by atoms with Crippen LogP contribution in [0.3, 0.4) is 0 Å². The lowest BCUT2D eigenvalue weighted by Gasteiger charge is -2.18. The predicted molar refractivity (Wildman–Crippen MR) is 123 cm³/mol. The van der Waals surface area contributed by atoms with Gasteiger partial charge in [-0.3, -0.25) is 14.2 Å². The second-order valence-corrected chi connectivity index (χ2v) is 8.08. The van der Waals surface area contributed by atoms with E-state index in [9.17, 15) is 14.9 Å². The van der Waals surface area contributed by atoms with Crippen molar-refractivity contribution in [3.8, 4) is 6.07 Å². The van der Waals surface area contributed by atoms with Gasteiger partial charge in [-0.2, -0.15) is 5.26 Å². The number of para-hydroxylation sites is 2. The van der Waals surface area contributed by atoms with Crippen molar-refractivity contribution in [3.05, 3.63) is 64.6 Å². The molecule has 0 aliphatic carbocycles. The van der Waals surface area contributed by atoms with Gasteiger partial charge >= 0.3 is 0 Å². The summed E-state index contributed by atoms with van der Waals surface area (Å²) in [4.78, 5) is 30.4. The highest BCUT2D eigenvalue weighted by Crippen LogP contribution is 2.30. The number of carbonyl (C=O) groups is 1. The summed E-state index contributed by atoms with van der Waals surface area (Å²) in [6.07, 6.45) is 0. The molecule has 4 aromatic rings. The van der Waals surface area contributed by atoms with Crippen molar-refractivity contribution in [3.63, 3.8) is 0 Å². The zero-order valence-corrected chi connectivity index (χ0v) is 18.3. The highest BCUT2D eigenvalue weighted by atomic mass is 32.2. The Morgan fingerprint density at radius 3 is 2.72 bits per heavy atom. The van der Waals surface area contributed by atoms with Crippen molar-refractivity contribution >= 4 is 45.2 Å². The van der Waals surface area contributed by atoms with Gasteiger partial charge in [0.25, 0.3) is 5.56 Å². The predicted octanol–water partition coefficient (Wildman–Crippen LogP) is 3.95. The third-order valence-corrected chi connectivity index (χ3v) is 5.87. The number of ether oxygens (including phenoxy) is 1. The third-order valence-electron chi connectivity index (χ3n) is 4.92. The molecular formula is C23H20N4O4S. The van der Waals surface area contributed by atoms with Crippen LogP contribution in [0.4, 0.5) is 5.69 Å². The van der Waals surface area contributed by atoms with Crippen LogP contribution in [0.5, 0.6) is 0 Å². The molecule has 2 aromatic carbocycles. The Hall–Kier alpha value is -3.61. The molecule has 0 aliphatic rings. The van der Waals surface area contributed by atoms with Crippen molar-refractivity contribution in [1.29, 1.82) is 5.26 Å². The number of methoxy groups -OCH3 is 1. The molecule has 2 heterocycles. The Bertz CT molecular complexity index is 1400. The number of hydrogen-bond acceptors (Lipinski definition) is 7. The van der Waals surface area contributed by atoms with Crippen molar-refractivity contribution in [2.24, 2.45) is 0 Å². The third kappa shape index (κ3) is 4.10. The smallest absolute Gasteiger partial charge is 0.262 e. The number of nitrogens with zero attached hydrogens (tertiary/aromatic N) is 3. The number of thioether (sulfide) groups is 1. The minimum atomic E-state index is -0.341. The lowest BCUT2D eigenvalue weighted by molar-refractivity contribution is -0.113. The second kappa shape index (κ2) is 9.26. The maximum atomic E-state index is 13.1. The molecule has 0 unspecified atom stereocenters. The molecule has 0 saturated carbocycles. The monoisotopic (exact) mass is 448 g/mol. The number of hydrogen-bond donors (Lipinski definition) is 1. The fraction of sp³-hybridized carbons (Fsp3) is 0.217. The summed E-state index contributed by atoms with van der Waals surface area (Å²) in [6.45, 7) is 2.19. The molecule has 0 aliphatic heterocycles. The number of nitriles is 1. The largest absolute Gasteiger partial charge is 0.443 e. The van der Waals surface area contributed by atoms with Gasteiger partial charge in [-0.15, -0.1) is 0 Å². The summed E-state index contributed by atoms with van der Waals surface area (Å²) in [7, 11) is 1.57. The summed E-state index contributed by atoms with van der Waals surface area (Å²) in [5, 5.41) is 13.7. The minimum Gasteiger partial charge on any atom is -0.443 e. The average molecular weight is 449 g/mol. The van der Waals surface area contributed by atoms with E-state index in [-0.39, 0.29) is 29.0 Å². The van der Waals surface area contributed by atoms with Crippen LogP contribution >= 0.6 is 11.8 Å². The van der Waals surface area contributed by atoms with Crippen LogP contribution in [0.25, 0.3) is 21.9 Å². The summed E-state index contributed by atoms with van der Waals surface area (Å²) in [5.41, 5.74) is 1.24. The molecular weight excluding hydrogens is 428 g/mol. The Labute approximate surface area is 187 Å². The zero-order chi connectivity index (χ0) is 22.7. The first kappa shape index (κ1) is 21.6. The standard InChI is InChI=1S/C23H20N4O4S/c1-14(12-30-2)27-22(29)15-7-3-5-9-17(15)25-23(27)32-13-20(28)26-21-16-8-4-6-10-18(16)31-19(21)11-24/h3-10,14H,12-13H2,1-2H3,(H,26,28)/t14-/m1/s1. The molecule has 4 rings (SSSR count). The molecule has 162 valence electrons. The highest BCUT2D eigenvalue weighted by Gasteiger charge is 2.19. The first-order chi connectivity index (χ1) is 15.5. The van der Waals surface area contributed by atoms with Crippen molar-refractivity contribution in [2.45, 2.75) is 18.1 Å². The number of amides is 1. The van der Waals surface area contributed by atoms with Gasteiger partial charge < -0.3 is 14.5 Å². The topological polar surface area (TPSA) is 110 Å². The van der Waals surface area contributed by atoms with E-state index in [2.05, 4.69) is 10.3 Å². The van der Waals surface area contributed by atoms with Gasteiger partial charge in [-0.25, -0.2) is 4.98 Å². The number of anilines is 1. The molecule has 1 amide bonds. The number of fused-ring (bicyclic) bond motifs is 2. The molecule has 0 radical (unpaired) electrons. The van der Waals surface area contributed by atoms with Crippen LogP contribution in [0.1, 0.15) is 18.7 Å². The normalized spacial score (nSPS) is 12.0. The van der Waals surface area contributed by atoms with Crippen molar-refractivity contribution in [2.75, 3.05) is 24.8 Å². The van der Waals surface area contributed by atoms with E-state index < -0.39 is 0 Å². The zero-order valence-electron chi connectivity index (χ0n) is 17.5. The van der Waals surface area contributed by atoms with Crippen LogP contribution in [0, 0.1) is 11.3 Å². The van der Waals surface area contributed by atoms with Gasteiger partial charge in [0, 0.05) is 12.5 Å². The van der Waals surface area contributed by atoms with Gasteiger partial charge in [-0.05, 0) is 31.2 Å². The molecule has 32 heavy (non-hydrogen) atoms. The summed E-state index contributed by atoms with van der Waals surface area (Å²) < 4.78 is 12.3. The second-order valence-electron chi connectivity index (χ2n) is 7.14. The van der Waals surface area contributed by atoms with Crippen LogP contribution in [0.2, 0.25) is 0 Å². The Balaban J connectivity index is 1.62. The van der Waals surface area contributed by atoms with E-state index in [1.807, 2.05) is 19.1 Å². The quantitative estimate of drug-likeness (QED) is 0.337. The SMILES string of the molecule is COC[C@@H](C)n1c(SCC(=O)Nc2c(C#N)oc3ccccc23)nc2ccccc2c1=O. The first-order valence-corrected chi connectivity index (χ1v) is 10.9. The lowest BCUT2D eigenvalue weighted by atomic mass is 10.2. The van der Waals surface area contributed by atoms with Crippen LogP contribution in [-0.2, 0) is 9.53 Å². The average Bonchev–Trinajstić information content (AvgIpc) is 3.15. The van der Waals surface area contributed by atoms with Gasteiger partial charge in [0.05, 0.1) is 29.3 Å². The Kier molecular flexibility index (Phi) is 6.25. The fourth-order valence-electron chi connectivity index (χ4n) is 3.49. The van der Waals surface area contributed by atoms with E-state index in [1.165, 1.54) is 0 Å². The molecule has 1 atom stereocenters. The molecule has 0 fully saturated rings. The highest BCUT2D eigenvalue weighted by molar-refractivity contribution is 7.99. The summed E-state index contributed by atoms with van der Waals surface area (Å²) >= 11 is 1.15. The van der Waals surface area contributed by atoms with Gasteiger partial charge in [0.1, 0.15) is 17.3 Å². The molecule has 0 spiro atoms. The number of aromatic nitrogens is 2. The Morgan fingerprint density at radius 1 is 1.25 bits per heavy atom. The molecule has 9 heteroatoms. The van der Waals surface area contributed by atoms with E-state index in [1.54, 1.807) is 54.1 Å². The van der Waals surface area contributed by atoms with Crippen LogP contribution in [-0.4, -0.2) is 34.9 Å². The Morgan fingerprint density at radius 2 is 1.97 bits per heavy atom. The van der Waals surface area contributed by atoms with Gasteiger partial charge in [0.15, 0.2) is 5.16 Å². The van der Waals surface area contributed by atoms with Gasteiger partial charge in [0.2, 0.25) is 11.7 Å². The molecule has 0 saturated heterocycles. The number of nitrogens with one attached hydrogen (secondary N) is 1. The van der Waals surface area contributed by atoms with Crippen LogP contribution < -0.4 is 10.9 Å². The first-order valence-electron chi connectivity index (χ1n) is 9.88. The number of rotatable bonds is 7. The van der Waals surface area contributed by atoms with E-state index in [0.717, 1.165) is 11.8 Å². The number of carbonyl (C=O) groups excluding carboxylic acids is 1. The lowest BCUT2D eigenvalue weighted by Crippen LogP contribution is -2.29. The summed E-state index contributed by atoms with van der Waals surface area (Å²) in [6, 6.07) is 15.9. The molecule has 1 N–H and O–H groups in total. The van der Waals surface area contributed by atoms with E-state index in [0.29, 0.717) is 39.3 Å².